The molecular formula is C13H18BrNO2. The normalized spacial score (nSPS) is 29.1. The molecule has 1 fully saturated rings. The molecule has 0 aliphatic carbocycles. The van der Waals surface area contributed by atoms with Crippen molar-refractivity contribution in [3.05, 3.63) is 22.3 Å². The van der Waals surface area contributed by atoms with Gasteiger partial charge in [-0.2, -0.15) is 0 Å². The van der Waals surface area contributed by atoms with E-state index in [1.54, 1.807) is 6.20 Å². The Morgan fingerprint density at radius 3 is 2.65 bits per heavy atom. The summed E-state index contributed by atoms with van der Waals surface area (Å²) in [4.78, 5) is 4.27. The Morgan fingerprint density at radius 1 is 1.35 bits per heavy atom. The second-order valence-electron chi connectivity index (χ2n) is 4.72. The Hall–Kier alpha value is -0.610. The Kier molecular flexibility index (Phi) is 4.05. The fourth-order valence-corrected chi connectivity index (χ4v) is 2.52. The second-order valence-corrected chi connectivity index (χ2v) is 5.51. The largest absolute Gasteiger partial charge is 0.473 e. The standard InChI is InChI=1S/C13H18BrNO2/c1-8-4-5-15-13(12(8)14)17-11-6-9(2)16-10(3)7-11/h4-5,9-11H,6-7H2,1-3H3. The van der Waals surface area contributed by atoms with E-state index in [0.717, 1.165) is 22.9 Å². The molecule has 1 saturated heterocycles. The van der Waals surface area contributed by atoms with E-state index in [1.807, 2.05) is 13.0 Å². The van der Waals surface area contributed by atoms with Crippen LogP contribution >= 0.6 is 15.9 Å². The lowest BCUT2D eigenvalue weighted by atomic mass is 10.0. The molecule has 0 amide bonds. The molecule has 2 rings (SSSR count). The Labute approximate surface area is 111 Å². The zero-order valence-electron chi connectivity index (χ0n) is 10.4. The molecule has 4 heteroatoms. The van der Waals surface area contributed by atoms with Gasteiger partial charge in [0.05, 0.1) is 16.7 Å². The van der Waals surface area contributed by atoms with Gasteiger partial charge in [0.15, 0.2) is 0 Å². The molecule has 0 radical (unpaired) electrons. The third-order valence-corrected chi connectivity index (χ3v) is 3.95. The van der Waals surface area contributed by atoms with Crippen molar-refractivity contribution in [3.8, 4) is 5.88 Å². The quantitative estimate of drug-likeness (QED) is 0.838. The second kappa shape index (κ2) is 5.36. The number of hydrogen-bond donors (Lipinski definition) is 0. The van der Waals surface area contributed by atoms with E-state index in [0.29, 0.717) is 5.88 Å². The van der Waals surface area contributed by atoms with Crippen LogP contribution in [0.5, 0.6) is 5.88 Å². The van der Waals surface area contributed by atoms with Crippen LogP contribution in [0, 0.1) is 6.92 Å². The van der Waals surface area contributed by atoms with Gasteiger partial charge in [0.2, 0.25) is 5.88 Å². The predicted octanol–water partition coefficient (Wildman–Crippen LogP) is 3.49. The molecule has 2 atom stereocenters. The lowest BCUT2D eigenvalue weighted by Gasteiger charge is -2.32. The Balaban J connectivity index is 2.07. The molecule has 1 aliphatic heterocycles. The van der Waals surface area contributed by atoms with Crippen LogP contribution in [0.1, 0.15) is 32.3 Å². The highest BCUT2D eigenvalue weighted by atomic mass is 79.9. The summed E-state index contributed by atoms with van der Waals surface area (Å²) in [7, 11) is 0. The molecule has 0 bridgehead atoms. The van der Waals surface area contributed by atoms with Gasteiger partial charge < -0.3 is 9.47 Å². The van der Waals surface area contributed by atoms with Crippen LogP contribution in [0.15, 0.2) is 16.7 Å². The predicted molar refractivity (Wildman–Crippen MR) is 70.3 cm³/mol. The highest BCUT2D eigenvalue weighted by Crippen LogP contribution is 2.29. The van der Waals surface area contributed by atoms with E-state index in [2.05, 4.69) is 34.8 Å². The highest BCUT2D eigenvalue weighted by Gasteiger charge is 2.26. The molecule has 17 heavy (non-hydrogen) atoms. The van der Waals surface area contributed by atoms with Gasteiger partial charge >= 0.3 is 0 Å². The highest BCUT2D eigenvalue weighted by molar-refractivity contribution is 9.10. The minimum atomic E-state index is 0.194. The molecule has 2 heterocycles. The molecule has 1 aromatic rings. The maximum atomic E-state index is 5.97. The molecule has 2 unspecified atom stereocenters. The van der Waals surface area contributed by atoms with Gasteiger partial charge in [-0.25, -0.2) is 4.98 Å². The summed E-state index contributed by atoms with van der Waals surface area (Å²) in [5.41, 5.74) is 1.14. The van der Waals surface area contributed by atoms with Gasteiger partial charge in [-0.05, 0) is 48.3 Å². The summed E-state index contributed by atoms with van der Waals surface area (Å²) in [6.45, 7) is 6.21. The number of halogens is 1. The van der Waals surface area contributed by atoms with Gasteiger partial charge in [0.1, 0.15) is 6.10 Å². The zero-order valence-corrected chi connectivity index (χ0v) is 12.0. The van der Waals surface area contributed by atoms with Crippen LogP contribution in [-0.4, -0.2) is 23.3 Å². The summed E-state index contributed by atoms with van der Waals surface area (Å²) in [6, 6.07) is 1.96. The number of rotatable bonds is 2. The average Bonchev–Trinajstić information content (AvgIpc) is 2.23. The summed E-state index contributed by atoms with van der Waals surface area (Å²) >= 11 is 3.52. The van der Waals surface area contributed by atoms with E-state index >= 15 is 0 Å². The van der Waals surface area contributed by atoms with Crippen LogP contribution in [-0.2, 0) is 4.74 Å². The monoisotopic (exact) mass is 299 g/mol. The van der Waals surface area contributed by atoms with Crippen LogP contribution in [0.3, 0.4) is 0 Å². The molecule has 0 aromatic carbocycles. The van der Waals surface area contributed by atoms with E-state index in [9.17, 15) is 0 Å². The maximum absolute atomic E-state index is 5.97. The third-order valence-electron chi connectivity index (χ3n) is 2.98. The van der Waals surface area contributed by atoms with Crippen molar-refractivity contribution >= 4 is 15.9 Å². The lowest BCUT2D eigenvalue weighted by Crippen LogP contribution is -2.35. The van der Waals surface area contributed by atoms with E-state index < -0.39 is 0 Å². The summed E-state index contributed by atoms with van der Waals surface area (Å²) in [5.74, 6) is 0.691. The summed E-state index contributed by atoms with van der Waals surface area (Å²) in [5, 5.41) is 0. The van der Waals surface area contributed by atoms with Crippen LogP contribution in [0.4, 0.5) is 0 Å². The van der Waals surface area contributed by atoms with Gasteiger partial charge in [0, 0.05) is 19.0 Å². The van der Waals surface area contributed by atoms with Crippen molar-refractivity contribution in [1.82, 2.24) is 4.98 Å². The molecule has 0 spiro atoms. The summed E-state index contributed by atoms with van der Waals surface area (Å²) in [6.07, 6.45) is 4.33. The first kappa shape index (κ1) is 12.8. The molecule has 94 valence electrons. The first-order valence-electron chi connectivity index (χ1n) is 5.99. The minimum absolute atomic E-state index is 0.194. The molecule has 3 nitrogen and oxygen atoms in total. The molecule has 0 N–H and O–H groups in total. The van der Waals surface area contributed by atoms with Gasteiger partial charge in [0.25, 0.3) is 0 Å². The maximum Gasteiger partial charge on any atom is 0.228 e. The first-order valence-corrected chi connectivity index (χ1v) is 6.78. The summed E-state index contributed by atoms with van der Waals surface area (Å²) < 4.78 is 12.6. The topological polar surface area (TPSA) is 31.4 Å². The van der Waals surface area contributed by atoms with E-state index in [-0.39, 0.29) is 18.3 Å². The minimum Gasteiger partial charge on any atom is -0.473 e. The lowest BCUT2D eigenvalue weighted by molar-refractivity contribution is -0.0731. The fourth-order valence-electron chi connectivity index (χ4n) is 2.20. The van der Waals surface area contributed by atoms with Crippen molar-refractivity contribution in [1.29, 1.82) is 0 Å². The van der Waals surface area contributed by atoms with Gasteiger partial charge in [-0.3, -0.25) is 0 Å². The van der Waals surface area contributed by atoms with Crippen LogP contribution < -0.4 is 4.74 Å². The number of hydrogen-bond acceptors (Lipinski definition) is 3. The molecule has 1 aromatic heterocycles. The molecule has 1 aliphatic rings. The van der Waals surface area contributed by atoms with E-state index in [4.69, 9.17) is 9.47 Å². The smallest absolute Gasteiger partial charge is 0.228 e. The third kappa shape index (κ3) is 3.19. The Bertz CT molecular complexity index is 387. The van der Waals surface area contributed by atoms with Crippen molar-refractivity contribution in [2.45, 2.75) is 51.9 Å². The average molecular weight is 300 g/mol. The number of ether oxygens (including phenoxy) is 2. The fraction of sp³-hybridized carbons (Fsp3) is 0.615. The zero-order chi connectivity index (χ0) is 12.4. The van der Waals surface area contributed by atoms with Crippen LogP contribution in [0.2, 0.25) is 0 Å². The van der Waals surface area contributed by atoms with Gasteiger partial charge in [-0.15, -0.1) is 0 Å². The SMILES string of the molecule is Cc1ccnc(OC2CC(C)OC(C)C2)c1Br. The van der Waals surface area contributed by atoms with Crippen molar-refractivity contribution in [2.24, 2.45) is 0 Å². The van der Waals surface area contributed by atoms with Crippen molar-refractivity contribution < 1.29 is 9.47 Å². The Morgan fingerprint density at radius 2 is 2.00 bits per heavy atom. The van der Waals surface area contributed by atoms with Crippen LogP contribution in [0.25, 0.3) is 0 Å². The molecular weight excluding hydrogens is 282 g/mol. The van der Waals surface area contributed by atoms with Crippen molar-refractivity contribution in [3.63, 3.8) is 0 Å². The number of aryl methyl sites for hydroxylation is 1. The molecule has 0 saturated carbocycles. The van der Waals surface area contributed by atoms with Gasteiger partial charge in [-0.1, -0.05) is 0 Å². The number of pyridine rings is 1. The first-order chi connectivity index (χ1) is 8.06. The van der Waals surface area contributed by atoms with Crippen molar-refractivity contribution in [2.75, 3.05) is 0 Å². The van der Waals surface area contributed by atoms with E-state index in [1.165, 1.54) is 0 Å². The number of nitrogens with zero attached hydrogens (tertiary/aromatic N) is 1. The number of aromatic nitrogens is 1.